The summed E-state index contributed by atoms with van der Waals surface area (Å²) in [5, 5.41) is 0. The molecule has 1 saturated heterocycles. The number of nitrogens with zero attached hydrogens (tertiary/aromatic N) is 1. The highest BCUT2D eigenvalue weighted by molar-refractivity contribution is 7.99. The number of hydrogen-bond acceptors (Lipinski definition) is 3. The standard InChI is InChI=1S/C14H18F4N2S/c15-12-3-2-10(8-11(12)14(16,17)18)13(9-19)20-4-1-6-21-7-5-20/h2-3,8,13H,1,4-7,9,19H2. The van der Waals surface area contributed by atoms with Crippen LogP contribution in [0.3, 0.4) is 0 Å². The van der Waals surface area contributed by atoms with Crippen molar-refractivity contribution in [2.24, 2.45) is 5.73 Å². The molecule has 21 heavy (non-hydrogen) atoms. The van der Waals surface area contributed by atoms with E-state index in [1.165, 1.54) is 6.07 Å². The fraction of sp³-hybridized carbons (Fsp3) is 0.571. The van der Waals surface area contributed by atoms with Crippen LogP contribution in [-0.4, -0.2) is 36.0 Å². The van der Waals surface area contributed by atoms with E-state index in [4.69, 9.17) is 5.73 Å². The van der Waals surface area contributed by atoms with Crippen molar-refractivity contribution in [2.75, 3.05) is 31.1 Å². The van der Waals surface area contributed by atoms with Crippen LogP contribution in [0.15, 0.2) is 18.2 Å². The van der Waals surface area contributed by atoms with Gasteiger partial charge in [0.05, 0.1) is 5.56 Å². The molecule has 1 atom stereocenters. The van der Waals surface area contributed by atoms with Gasteiger partial charge in [-0.05, 0) is 36.4 Å². The predicted octanol–water partition coefficient (Wildman–Crippen LogP) is 3.28. The zero-order valence-electron chi connectivity index (χ0n) is 11.5. The summed E-state index contributed by atoms with van der Waals surface area (Å²) in [6.07, 6.45) is -3.71. The van der Waals surface area contributed by atoms with Gasteiger partial charge in [-0.1, -0.05) is 6.07 Å². The Labute approximate surface area is 125 Å². The van der Waals surface area contributed by atoms with Crippen LogP contribution in [-0.2, 0) is 6.18 Å². The molecule has 0 radical (unpaired) electrons. The van der Waals surface area contributed by atoms with E-state index in [0.29, 0.717) is 5.56 Å². The molecule has 0 aromatic heterocycles. The number of nitrogens with two attached hydrogens (primary N) is 1. The Balaban J connectivity index is 2.29. The quantitative estimate of drug-likeness (QED) is 0.866. The van der Waals surface area contributed by atoms with Gasteiger partial charge in [0.1, 0.15) is 5.82 Å². The SMILES string of the molecule is NCC(c1ccc(F)c(C(F)(F)F)c1)N1CCCSCC1. The molecular weight excluding hydrogens is 304 g/mol. The smallest absolute Gasteiger partial charge is 0.329 e. The van der Waals surface area contributed by atoms with Crippen molar-refractivity contribution in [2.45, 2.75) is 18.6 Å². The minimum Gasteiger partial charge on any atom is -0.329 e. The summed E-state index contributed by atoms with van der Waals surface area (Å²) in [4.78, 5) is 2.09. The molecule has 0 amide bonds. The second-order valence-corrected chi connectivity index (χ2v) is 6.22. The van der Waals surface area contributed by atoms with Crippen LogP contribution in [0.1, 0.15) is 23.6 Å². The average Bonchev–Trinajstić information content (AvgIpc) is 2.69. The monoisotopic (exact) mass is 322 g/mol. The Bertz CT molecular complexity index is 471. The maximum Gasteiger partial charge on any atom is 0.419 e. The lowest BCUT2D eigenvalue weighted by Gasteiger charge is -2.30. The minimum absolute atomic E-state index is 0.216. The summed E-state index contributed by atoms with van der Waals surface area (Å²) in [5.74, 6) is 0.739. The fourth-order valence-corrected chi connectivity index (χ4v) is 3.44. The first-order chi connectivity index (χ1) is 9.93. The summed E-state index contributed by atoms with van der Waals surface area (Å²) in [7, 11) is 0. The van der Waals surface area contributed by atoms with Gasteiger partial charge in [0.2, 0.25) is 0 Å². The highest BCUT2D eigenvalue weighted by Crippen LogP contribution is 2.34. The maximum absolute atomic E-state index is 13.4. The van der Waals surface area contributed by atoms with Gasteiger partial charge in [-0.2, -0.15) is 24.9 Å². The first-order valence-electron chi connectivity index (χ1n) is 6.82. The lowest BCUT2D eigenvalue weighted by atomic mass is 10.0. The molecule has 0 aliphatic carbocycles. The Morgan fingerprint density at radius 1 is 1.24 bits per heavy atom. The molecule has 0 spiro atoms. The van der Waals surface area contributed by atoms with Gasteiger partial charge in [0.25, 0.3) is 0 Å². The Morgan fingerprint density at radius 3 is 2.67 bits per heavy atom. The molecule has 1 aromatic carbocycles. The topological polar surface area (TPSA) is 29.3 Å². The molecule has 1 fully saturated rings. The number of thioether (sulfide) groups is 1. The summed E-state index contributed by atoms with van der Waals surface area (Å²) in [6.45, 7) is 1.80. The van der Waals surface area contributed by atoms with Gasteiger partial charge >= 0.3 is 6.18 Å². The molecule has 1 unspecified atom stereocenters. The summed E-state index contributed by atoms with van der Waals surface area (Å²) < 4.78 is 51.8. The Morgan fingerprint density at radius 2 is 2.00 bits per heavy atom. The summed E-state index contributed by atoms with van der Waals surface area (Å²) in [5.41, 5.74) is 4.97. The van der Waals surface area contributed by atoms with Crippen molar-refractivity contribution in [3.8, 4) is 0 Å². The molecule has 7 heteroatoms. The number of rotatable bonds is 3. The summed E-state index contributed by atoms with van der Waals surface area (Å²) >= 11 is 1.83. The van der Waals surface area contributed by atoms with Crippen LogP contribution in [0.25, 0.3) is 0 Å². The van der Waals surface area contributed by atoms with Gasteiger partial charge in [-0.25, -0.2) is 4.39 Å². The Hall–Kier alpha value is -0.790. The molecule has 0 bridgehead atoms. The van der Waals surface area contributed by atoms with Crippen LogP contribution >= 0.6 is 11.8 Å². The normalized spacial score (nSPS) is 19.3. The van der Waals surface area contributed by atoms with Crippen molar-refractivity contribution in [1.29, 1.82) is 0 Å². The second-order valence-electron chi connectivity index (χ2n) is 4.99. The van der Waals surface area contributed by atoms with E-state index in [9.17, 15) is 17.6 Å². The molecule has 2 nitrogen and oxygen atoms in total. The van der Waals surface area contributed by atoms with E-state index in [1.807, 2.05) is 11.8 Å². The van der Waals surface area contributed by atoms with E-state index in [1.54, 1.807) is 0 Å². The molecule has 1 aliphatic rings. The molecule has 2 rings (SSSR count). The molecule has 1 aromatic rings. The zero-order valence-corrected chi connectivity index (χ0v) is 12.3. The van der Waals surface area contributed by atoms with Crippen molar-refractivity contribution < 1.29 is 17.6 Å². The third-order valence-corrected chi connectivity index (χ3v) is 4.65. The first kappa shape index (κ1) is 16.6. The molecule has 1 aliphatic heterocycles. The highest BCUT2D eigenvalue weighted by Gasteiger charge is 2.35. The minimum atomic E-state index is -4.69. The first-order valence-corrected chi connectivity index (χ1v) is 7.97. The molecule has 2 N–H and O–H groups in total. The lowest BCUT2D eigenvalue weighted by Crippen LogP contribution is -2.35. The van der Waals surface area contributed by atoms with Crippen molar-refractivity contribution >= 4 is 11.8 Å². The fourth-order valence-electron chi connectivity index (χ4n) is 2.54. The third kappa shape index (κ3) is 4.11. The van der Waals surface area contributed by atoms with Gasteiger partial charge in [-0.3, -0.25) is 4.90 Å². The van der Waals surface area contributed by atoms with Crippen LogP contribution in [0.5, 0.6) is 0 Å². The predicted molar refractivity (Wildman–Crippen MR) is 76.7 cm³/mol. The van der Waals surface area contributed by atoms with Gasteiger partial charge in [-0.15, -0.1) is 0 Å². The van der Waals surface area contributed by atoms with Crippen molar-refractivity contribution in [1.82, 2.24) is 4.90 Å². The zero-order chi connectivity index (χ0) is 15.5. The number of hydrogen-bond donors (Lipinski definition) is 1. The second kappa shape index (κ2) is 6.98. The molecule has 1 heterocycles. The highest BCUT2D eigenvalue weighted by atomic mass is 32.2. The van der Waals surface area contributed by atoms with E-state index in [-0.39, 0.29) is 12.6 Å². The van der Waals surface area contributed by atoms with Gasteiger partial charge < -0.3 is 5.73 Å². The van der Waals surface area contributed by atoms with E-state index in [2.05, 4.69) is 4.90 Å². The molecular formula is C14H18F4N2S. The van der Waals surface area contributed by atoms with E-state index >= 15 is 0 Å². The lowest BCUT2D eigenvalue weighted by molar-refractivity contribution is -0.140. The number of alkyl halides is 3. The number of halogens is 4. The van der Waals surface area contributed by atoms with Gasteiger partial charge in [0.15, 0.2) is 0 Å². The van der Waals surface area contributed by atoms with Crippen LogP contribution in [0.4, 0.5) is 17.6 Å². The maximum atomic E-state index is 13.4. The van der Waals surface area contributed by atoms with E-state index < -0.39 is 17.6 Å². The van der Waals surface area contributed by atoms with Crippen molar-refractivity contribution in [3.63, 3.8) is 0 Å². The van der Waals surface area contributed by atoms with Gasteiger partial charge in [0, 0.05) is 24.9 Å². The van der Waals surface area contributed by atoms with Crippen LogP contribution in [0, 0.1) is 5.82 Å². The number of benzene rings is 1. The molecule has 0 saturated carbocycles. The van der Waals surface area contributed by atoms with Crippen molar-refractivity contribution in [3.05, 3.63) is 35.1 Å². The summed E-state index contributed by atoms with van der Waals surface area (Å²) in [6, 6.07) is 2.88. The third-order valence-electron chi connectivity index (χ3n) is 3.60. The average molecular weight is 322 g/mol. The largest absolute Gasteiger partial charge is 0.419 e. The van der Waals surface area contributed by atoms with E-state index in [0.717, 1.165) is 43.1 Å². The molecule has 118 valence electrons. The Kier molecular flexibility index (Phi) is 5.51. The van der Waals surface area contributed by atoms with Crippen LogP contribution < -0.4 is 5.73 Å². The van der Waals surface area contributed by atoms with Crippen LogP contribution in [0.2, 0.25) is 0 Å².